The summed E-state index contributed by atoms with van der Waals surface area (Å²) in [6.07, 6.45) is 1.13. The van der Waals surface area contributed by atoms with Gasteiger partial charge in [-0.25, -0.2) is 0 Å². The van der Waals surface area contributed by atoms with Gasteiger partial charge in [0, 0.05) is 13.1 Å². The smallest absolute Gasteiger partial charge is 0.261 e. The molecule has 1 heterocycles. The minimum absolute atomic E-state index is 0.0172. The number of rotatable bonds is 7. The number of aryl methyl sites for hydroxylation is 1. The molecule has 1 aromatic rings. The van der Waals surface area contributed by atoms with E-state index in [-0.39, 0.29) is 5.91 Å². The molecule has 0 bridgehead atoms. The van der Waals surface area contributed by atoms with Crippen LogP contribution in [0.2, 0.25) is 0 Å². The predicted molar refractivity (Wildman–Crippen MR) is 89.7 cm³/mol. The number of nitrogens with zero attached hydrogens (tertiary/aromatic N) is 1. The molecule has 0 atom stereocenters. The Hall–Kier alpha value is -1.35. The van der Waals surface area contributed by atoms with Crippen molar-refractivity contribution in [2.24, 2.45) is 5.73 Å². The molecule has 0 aliphatic rings. The number of hydrogen-bond donors (Lipinski definition) is 2. The first kappa shape index (κ1) is 17.7. The fraction of sp³-hybridized carbons (Fsp3) is 0.562. The lowest BCUT2D eigenvalue weighted by Gasteiger charge is -2.19. The fourth-order valence-corrected chi connectivity index (χ4v) is 2.97. The second-order valence-corrected chi connectivity index (χ2v) is 5.87. The van der Waals surface area contributed by atoms with Crippen molar-refractivity contribution in [2.75, 3.05) is 32.7 Å². The molecule has 0 unspecified atom stereocenters. The number of thiophene rings is 1. The monoisotopic (exact) mass is 307 g/mol. The van der Waals surface area contributed by atoms with Gasteiger partial charge in [0.25, 0.3) is 5.91 Å². The third kappa shape index (κ3) is 5.88. The van der Waals surface area contributed by atoms with Crippen LogP contribution in [0.15, 0.2) is 6.07 Å². The lowest BCUT2D eigenvalue weighted by Crippen LogP contribution is -2.35. The summed E-state index contributed by atoms with van der Waals surface area (Å²) >= 11 is 1.43. The van der Waals surface area contributed by atoms with E-state index in [1.165, 1.54) is 11.3 Å². The Morgan fingerprint density at radius 2 is 2.19 bits per heavy atom. The van der Waals surface area contributed by atoms with Crippen LogP contribution < -0.4 is 11.1 Å². The average molecular weight is 307 g/mol. The molecule has 1 aromatic heterocycles. The fourth-order valence-electron chi connectivity index (χ4n) is 2.01. The second-order valence-electron chi connectivity index (χ2n) is 4.82. The molecule has 116 valence electrons. The number of nitrogens with two attached hydrogens (primary N) is 1. The van der Waals surface area contributed by atoms with Crippen LogP contribution in [-0.2, 0) is 0 Å². The maximum absolute atomic E-state index is 12.1. The number of carbonyl (C=O) groups excluding carboxylic acids is 1. The van der Waals surface area contributed by atoms with Gasteiger partial charge in [-0.1, -0.05) is 25.7 Å². The van der Waals surface area contributed by atoms with Gasteiger partial charge in [0.1, 0.15) is 0 Å². The van der Waals surface area contributed by atoms with Crippen LogP contribution in [-0.4, -0.2) is 43.5 Å². The van der Waals surface area contributed by atoms with Crippen LogP contribution in [0.25, 0.3) is 0 Å². The number of nitrogens with one attached hydrogen (secondary N) is 1. The third-order valence-electron chi connectivity index (χ3n) is 3.15. The average Bonchev–Trinajstić information content (AvgIpc) is 2.85. The molecule has 0 aromatic carbocycles. The predicted octanol–water partition coefficient (Wildman–Crippen LogP) is 1.83. The summed E-state index contributed by atoms with van der Waals surface area (Å²) < 4.78 is 0. The Bertz CT molecular complexity index is 513. The molecule has 0 saturated heterocycles. The van der Waals surface area contributed by atoms with Gasteiger partial charge < -0.3 is 16.0 Å². The highest BCUT2D eigenvalue weighted by molar-refractivity contribution is 7.14. The van der Waals surface area contributed by atoms with Gasteiger partial charge in [0.15, 0.2) is 0 Å². The van der Waals surface area contributed by atoms with Crippen molar-refractivity contribution in [1.82, 2.24) is 10.2 Å². The highest BCUT2D eigenvalue weighted by Crippen LogP contribution is 2.20. The molecule has 0 spiro atoms. The quantitative estimate of drug-likeness (QED) is 0.756. The number of likely N-dealkylation sites (N-methyl/N-ethyl adjacent to an activating group) is 1. The summed E-state index contributed by atoms with van der Waals surface area (Å²) in [7, 11) is 0. The van der Waals surface area contributed by atoms with Crippen molar-refractivity contribution in [2.45, 2.75) is 27.2 Å². The Morgan fingerprint density at radius 1 is 1.43 bits per heavy atom. The van der Waals surface area contributed by atoms with Crippen molar-refractivity contribution in [3.63, 3.8) is 0 Å². The van der Waals surface area contributed by atoms with Gasteiger partial charge in [0.05, 0.1) is 16.3 Å². The Kier molecular flexibility index (Phi) is 8.06. The maximum atomic E-state index is 12.1. The van der Waals surface area contributed by atoms with E-state index < -0.39 is 0 Å². The first-order valence-electron chi connectivity index (χ1n) is 7.42. The zero-order valence-corrected chi connectivity index (χ0v) is 14.0. The van der Waals surface area contributed by atoms with E-state index in [0.29, 0.717) is 18.0 Å². The number of hydrogen-bond acceptors (Lipinski definition) is 4. The molecule has 1 amide bonds. The standard InChI is InChI=1S/C16H25N3OS/c1-4-10-19(5-2)11-9-18-16(20)15-12-13(3)14(21-15)7-6-8-17/h12H,4-5,8-11,17H2,1-3H3,(H,18,20). The largest absolute Gasteiger partial charge is 0.350 e. The summed E-state index contributed by atoms with van der Waals surface area (Å²) in [6.45, 7) is 10.3. The minimum atomic E-state index is -0.0172. The first-order valence-corrected chi connectivity index (χ1v) is 8.23. The van der Waals surface area contributed by atoms with Crippen LogP contribution >= 0.6 is 11.3 Å². The molecule has 1 rings (SSSR count). The van der Waals surface area contributed by atoms with Crippen molar-refractivity contribution >= 4 is 17.2 Å². The highest BCUT2D eigenvalue weighted by atomic mass is 32.1. The summed E-state index contributed by atoms with van der Waals surface area (Å²) in [4.78, 5) is 16.1. The number of amides is 1. The molecular weight excluding hydrogens is 282 g/mol. The molecule has 0 aliphatic heterocycles. The molecule has 0 radical (unpaired) electrons. The van der Waals surface area contributed by atoms with Crippen molar-refractivity contribution in [3.8, 4) is 11.8 Å². The van der Waals surface area contributed by atoms with Gasteiger partial charge in [0.2, 0.25) is 0 Å². The van der Waals surface area contributed by atoms with Crippen LogP contribution in [0.4, 0.5) is 0 Å². The molecule has 0 aliphatic carbocycles. The van der Waals surface area contributed by atoms with Crippen molar-refractivity contribution in [3.05, 3.63) is 21.4 Å². The first-order chi connectivity index (χ1) is 10.1. The minimum Gasteiger partial charge on any atom is -0.350 e. The van der Waals surface area contributed by atoms with Crippen molar-refractivity contribution in [1.29, 1.82) is 0 Å². The van der Waals surface area contributed by atoms with E-state index in [2.05, 4.69) is 35.9 Å². The van der Waals surface area contributed by atoms with Crippen LogP contribution in [0.1, 0.15) is 40.4 Å². The summed E-state index contributed by atoms with van der Waals surface area (Å²) in [6, 6.07) is 1.89. The van der Waals surface area contributed by atoms with Crippen molar-refractivity contribution < 1.29 is 4.79 Å². The lowest BCUT2D eigenvalue weighted by molar-refractivity contribution is 0.0952. The van der Waals surface area contributed by atoms with E-state index in [4.69, 9.17) is 5.73 Å². The SMILES string of the molecule is CCCN(CC)CCNC(=O)c1cc(C)c(C#CCN)s1. The second kappa shape index (κ2) is 9.56. The summed E-state index contributed by atoms with van der Waals surface area (Å²) in [5.41, 5.74) is 6.41. The van der Waals surface area contributed by atoms with E-state index in [1.807, 2.05) is 13.0 Å². The van der Waals surface area contributed by atoms with Gasteiger partial charge in [-0.15, -0.1) is 11.3 Å². The zero-order chi connectivity index (χ0) is 15.7. The van der Waals surface area contributed by atoms with Crippen LogP contribution in [0.5, 0.6) is 0 Å². The summed E-state index contributed by atoms with van der Waals surface area (Å²) in [5.74, 6) is 5.81. The van der Waals surface area contributed by atoms with Gasteiger partial charge in [-0.05, 0) is 38.1 Å². The molecule has 5 heteroatoms. The molecule has 3 N–H and O–H groups in total. The zero-order valence-electron chi connectivity index (χ0n) is 13.2. The molecule has 0 saturated carbocycles. The van der Waals surface area contributed by atoms with Crippen LogP contribution in [0.3, 0.4) is 0 Å². The van der Waals surface area contributed by atoms with Gasteiger partial charge in [-0.2, -0.15) is 0 Å². The summed E-state index contributed by atoms with van der Waals surface area (Å²) in [5, 5.41) is 2.98. The molecule has 4 nitrogen and oxygen atoms in total. The van der Waals surface area contributed by atoms with Gasteiger partial charge >= 0.3 is 0 Å². The number of carbonyl (C=O) groups is 1. The van der Waals surface area contributed by atoms with Gasteiger partial charge in [-0.3, -0.25) is 4.79 Å². The normalized spacial score (nSPS) is 10.3. The maximum Gasteiger partial charge on any atom is 0.261 e. The van der Waals surface area contributed by atoms with E-state index >= 15 is 0 Å². The Morgan fingerprint density at radius 3 is 2.81 bits per heavy atom. The third-order valence-corrected chi connectivity index (χ3v) is 4.30. The van der Waals surface area contributed by atoms with Crippen LogP contribution in [0, 0.1) is 18.8 Å². The lowest BCUT2D eigenvalue weighted by atomic mass is 10.2. The topological polar surface area (TPSA) is 58.4 Å². The molecule has 21 heavy (non-hydrogen) atoms. The van der Waals surface area contributed by atoms with E-state index in [0.717, 1.165) is 36.5 Å². The Labute approximate surface area is 131 Å². The van der Waals surface area contributed by atoms with E-state index in [1.54, 1.807) is 0 Å². The molecule has 0 fully saturated rings. The molecular formula is C16H25N3OS. The van der Waals surface area contributed by atoms with E-state index in [9.17, 15) is 4.79 Å². The highest BCUT2D eigenvalue weighted by Gasteiger charge is 2.11. The Balaban J connectivity index is 2.52.